The van der Waals surface area contributed by atoms with E-state index in [0.29, 0.717) is 4.88 Å². The minimum Gasteiger partial charge on any atom is -0.377 e. The van der Waals surface area contributed by atoms with Crippen molar-refractivity contribution in [3.8, 4) is 10.6 Å². The fourth-order valence-corrected chi connectivity index (χ4v) is 3.81. The van der Waals surface area contributed by atoms with E-state index in [1.54, 1.807) is 18.6 Å². The summed E-state index contributed by atoms with van der Waals surface area (Å²) in [5.74, 6) is -0.0237. The normalized spacial score (nSPS) is 16.1. The predicted octanol–water partition coefficient (Wildman–Crippen LogP) is 2.82. The number of aromatic nitrogens is 2. The molecule has 1 aliphatic heterocycles. The molecule has 2 aromatic rings. The Kier molecular flexibility index (Phi) is 6.71. The van der Waals surface area contributed by atoms with E-state index in [-0.39, 0.29) is 18.1 Å². The molecule has 0 atom stereocenters. The average Bonchev–Trinajstić information content (AvgIpc) is 3.14. The van der Waals surface area contributed by atoms with Crippen LogP contribution in [0.15, 0.2) is 30.7 Å². The number of carbonyl (C=O) groups is 1. The van der Waals surface area contributed by atoms with Crippen LogP contribution in [0.5, 0.6) is 0 Å². The van der Waals surface area contributed by atoms with Crippen LogP contribution in [-0.4, -0.2) is 59.2 Å². The summed E-state index contributed by atoms with van der Waals surface area (Å²) in [5, 5.41) is 4.00. The monoisotopic (exact) mass is 374 g/mol. The highest BCUT2D eigenvalue weighted by molar-refractivity contribution is 7.16. The summed E-state index contributed by atoms with van der Waals surface area (Å²) in [6.07, 6.45) is 7.36. The largest absolute Gasteiger partial charge is 0.377 e. The van der Waals surface area contributed by atoms with E-state index in [1.165, 1.54) is 11.3 Å². The van der Waals surface area contributed by atoms with Gasteiger partial charge in [-0.25, -0.2) is 4.98 Å². The highest BCUT2D eigenvalue weighted by atomic mass is 32.1. The van der Waals surface area contributed by atoms with Crippen molar-refractivity contribution >= 4 is 17.2 Å². The van der Waals surface area contributed by atoms with Crippen molar-refractivity contribution in [3.05, 3.63) is 35.6 Å². The molecule has 0 bridgehead atoms. The third-order valence-electron chi connectivity index (χ3n) is 4.44. The first-order valence-corrected chi connectivity index (χ1v) is 9.94. The summed E-state index contributed by atoms with van der Waals surface area (Å²) in [5.41, 5.74) is 0.987. The second-order valence-electron chi connectivity index (χ2n) is 6.77. The number of rotatable bonds is 7. The summed E-state index contributed by atoms with van der Waals surface area (Å²) in [7, 11) is 0. The van der Waals surface area contributed by atoms with Crippen molar-refractivity contribution < 1.29 is 9.53 Å². The number of carbonyl (C=O) groups excluding carboxylic acids is 1. The van der Waals surface area contributed by atoms with Crippen molar-refractivity contribution in [2.24, 2.45) is 0 Å². The zero-order chi connectivity index (χ0) is 18.4. The van der Waals surface area contributed by atoms with Gasteiger partial charge in [0.15, 0.2) is 0 Å². The van der Waals surface area contributed by atoms with Crippen LogP contribution >= 0.6 is 11.3 Å². The topological polar surface area (TPSA) is 67.3 Å². The second-order valence-corrected chi connectivity index (χ2v) is 7.81. The van der Waals surface area contributed by atoms with Crippen molar-refractivity contribution in [3.63, 3.8) is 0 Å². The molecule has 0 unspecified atom stereocenters. The molecule has 1 amide bonds. The lowest BCUT2D eigenvalue weighted by molar-refractivity contribution is 0.0521. The molecule has 0 saturated carbocycles. The standard InChI is InChI=1S/C19H26N4O2S/c1-14(2)25-12-11-23-9-5-16(6-10-23)22-18(24)17-13-21-19(26-17)15-3-7-20-8-4-15/h3-4,7-8,13-14,16H,5-6,9-12H2,1-2H3,(H,22,24). The quantitative estimate of drug-likeness (QED) is 0.807. The second kappa shape index (κ2) is 9.21. The van der Waals surface area contributed by atoms with E-state index < -0.39 is 0 Å². The van der Waals surface area contributed by atoms with Gasteiger partial charge in [-0.3, -0.25) is 9.78 Å². The number of nitrogens with zero attached hydrogens (tertiary/aromatic N) is 3. The van der Waals surface area contributed by atoms with Gasteiger partial charge in [0.1, 0.15) is 9.88 Å². The maximum atomic E-state index is 12.5. The van der Waals surface area contributed by atoms with Gasteiger partial charge in [0.05, 0.1) is 18.9 Å². The van der Waals surface area contributed by atoms with Crippen molar-refractivity contribution in [2.45, 2.75) is 38.8 Å². The van der Waals surface area contributed by atoms with Crippen LogP contribution in [0, 0.1) is 0 Å². The van der Waals surface area contributed by atoms with E-state index in [2.05, 4.69) is 34.0 Å². The number of thiazole rings is 1. The molecule has 6 nitrogen and oxygen atoms in total. The molecule has 0 radical (unpaired) electrons. The number of ether oxygens (including phenoxy) is 1. The fraction of sp³-hybridized carbons (Fsp3) is 0.526. The predicted molar refractivity (Wildman–Crippen MR) is 103 cm³/mol. The smallest absolute Gasteiger partial charge is 0.263 e. The molecule has 3 rings (SSSR count). The Bertz CT molecular complexity index is 697. The highest BCUT2D eigenvalue weighted by Gasteiger charge is 2.22. The summed E-state index contributed by atoms with van der Waals surface area (Å²) >= 11 is 1.42. The number of amides is 1. The van der Waals surface area contributed by atoms with Gasteiger partial charge < -0.3 is 15.0 Å². The molecule has 3 heterocycles. The highest BCUT2D eigenvalue weighted by Crippen LogP contribution is 2.24. The van der Waals surface area contributed by atoms with Gasteiger partial charge in [-0.2, -0.15) is 0 Å². The van der Waals surface area contributed by atoms with Crippen LogP contribution in [0.2, 0.25) is 0 Å². The number of likely N-dealkylation sites (tertiary alicyclic amines) is 1. The Morgan fingerprint density at radius 2 is 2.08 bits per heavy atom. The fourth-order valence-electron chi connectivity index (χ4n) is 2.98. The van der Waals surface area contributed by atoms with Crippen LogP contribution < -0.4 is 5.32 Å². The summed E-state index contributed by atoms with van der Waals surface area (Å²) < 4.78 is 5.61. The van der Waals surface area contributed by atoms with Crippen molar-refractivity contribution in [2.75, 3.05) is 26.2 Å². The van der Waals surface area contributed by atoms with Crippen LogP contribution in [0.4, 0.5) is 0 Å². The zero-order valence-electron chi connectivity index (χ0n) is 15.4. The van der Waals surface area contributed by atoms with E-state index in [4.69, 9.17) is 4.74 Å². The average molecular weight is 375 g/mol. The molecule has 1 saturated heterocycles. The van der Waals surface area contributed by atoms with E-state index in [1.807, 2.05) is 12.1 Å². The molecule has 0 aromatic carbocycles. The number of nitrogens with one attached hydrogen (secondary N) is 1. The molecule has 1 aliphatic rings. The third-order valence-corrected chi connectivity index (χ3v) is 5.48. The van der Waals surface area contributed by atoms with Gasteiger partial charge in [-0.05, 0) is 38.8 Å². The molecule has 26 heavy (non-hydrogen) atoms. The van der Waals surface area contributed by atoms with Gasteiger partial charge in [0, 0.05) is 43.6 Å². The van der Waals surface area contributed by atoms with Crippen LogP contribution in [-0.2, 0) is 4.74 Å². The first-order valence-electron chi connectivity index (χ1n) is 9.13. The number of pyridine rings is 1. The Morgan fingerprint density at radius 1 is 1.35 bits per heavy atom. The Morgan fingerprint density at radius 3 is 2.77 bits per heavy atom. The first-order chi connectivity index (χ1) is 12.6. The molecule has 1 N–H and O–H groups in total. The number of piperidine rings is 1. The minimum atomic E-state index is -0.0237. The summed E-state index contributed by atoms with van der Waals surface area (Å²) in [4.78, 5) is 23.9. The van der Waals surface area contributed by atoms with Crippen LogP contribution in [0.3, 0.4) is 0 Å². The van der Waals surface area contributed by atoms with Gasteiger partial charge in [0.25, 0.3) is 5.91 Å². The molecule has 0 spiro atoms. The Hall–Kier alpha value is -1.83. The van der Waals surface area contributed by atoms with Gasteiger partial charge >= 0.3 is 0 Å². The summed E-state index contributed by atoms with van der Waals surface area (Å²) in [6, 6.07) is 4.04. The molecular formula is C19H26N4O2S. The van der Waals surface area contributed by atoms with E-state index in [9.17, 15) is 4.79 Å². The molecule has 140 valence electrons. The van der Waals surface area contributed by atoms with E-state index >= 15 is 0 Å². The molecule has 2 aromatic heterocycles. The van der Waals surface area contributed by atoms with E-state index in [0.717, 1.165) is 49.7 Å². The molecule has 7 heteroatoms. The lowest BCUT2D eigenvalue weighted by Gasteiger charge is -2.32. The Labute approximate surface area is 158 Å². The SMILES string of the molecule is CC(C)OCCN1CCC(NC(=O)c2cnc(-c3ccncc3)s2)CC1. The number of hydrogen-bond donors (Lipinski definition) is 1. The third kappa shape index (κ3) is 5.33. The minimum absolute atomic E-state index is 0.0237. The number of hydrogen-bond acceptors (Lipinski definition) is 6. The van der Waals surface area contributed by atoms with Crippen LogP contribution in [0.1, 0.15) is 36.4 Å². The van der Waals surface area contributed by atoms with Crippen molar-refractivity contribution in [1.82, 2.24) is 20.2 Å². The first kappa shape index (κ1) is 18.9. The Balaban J connectivity index is 1.45. The molecule has 0 aliphatic carbocycles. The van der Waals surface area contributed by atoms with Crippen molar-refractivity contribution in [1.29, 1.82) is 0 Å². The lowest BCUT2D eigenvalue weighted by Crippen LogP contribution is -2.45. The lowest BCUT2D eigenvalue weighted by atomic mass is 10.1. The van der Waals surface area contributed by atoms with Crippen LogP contribution in [0.25, 0.3) is 10.6 Å². The maximum absolute atomic E-state index is 12.5. The van der Waals surface area contributed by atoms with Gasteiger partial charge in [-0.15, -0.1) is 11.3 Å². The zero-order valence-corrected chi connectivity index (χ0v) is 16.2. The summed E-state index contributed by atoms with van der Waals surface area (Å²) in [6.45, 7) is 7.84. The van der Waals surface area contributed by atoms with Gasteiger partial charge in [0.2, 0.25) is 0 Å². The molecule has 1 fully saturated rings. The van der Waals surface area contributed by atoms with Gasteiger partial charge in [-0.1, -0.05) is 0 Å². The maximum Gasteiger partial charge on any atom is 0.263 e. The molecular weight excluding hydrogens is 348 g/mol.